The Hall–Kier alpha value is -1.31. The van der Waals surface area contributed by atoms with Gasteiger partial charge in [-0.25, -0.2) is 8.42 Å². The van der Waals surface area contributed by atoms with Gasteiger partial charge >= 0.3 is 0 Å². The molecule has 0 saturated carbocycles. The van der Waals surface area contributed by atoms with E-state index in [1.54, 1.807) is 18.2 Å². The van der Waals surface area contributed by atoms with Crippen LogP contribution in [0.1, 0.15) is 12.8 Å². The number of para-hydroxylation sites is 1. The molecule has 6 nitrogen and oxygen atoms in total. The van der Waals surface area contributed by atoms with Crippen LogP contribution in [0, 0.1) is 0 Å². The first kappa shape index (κ1) is 14.6. The van der Waals surface area contributed by atoms with Gasteiger partial charge in [-0.3, -0.25) is 0 Å². The van der Waals surface area contributed by atoms with Crippen molar-refractivity contribution in [3.8, 4) is 11.5 Å². The van der Waals surface area contributed by atoms with Crippen molar-refractivity contribution in [3.63, 3.8) is 0 Å². The molecule has 0 bridgehead atoms. The molecule has 0 aliphatic carbocycles. The van der Waals surface area contributed by atoms with E-state index in [4.69, 9.17) is 9.47 Å². The molecular weight excluding hydrogens is 292 g/mol. The van der Waals surface area contributed by atoms with Gasteiger partial charge in [0.05, 0.1) is 0 Å². The van der Waals surface area contributed by atoms with E-state index in [0.717, 1.165) is 12.8 Å². The van der Waals surface area contributed by atoms with Crippen molar-refractivity contribution in [1.82, 2.24) is 9.62 Å². The highest BCUT2D eigenvalue weighted by Crippen LogP contribution is 2.38. The Morgan fingerprint density at radius 2 is 1.90 bits per heavy atom. The Labute approximate surface area is 125 Å². The fourth-order valence-corrected chi connectivity index (χ4v) is 4.39. The molecule has 2 aliphatic heterocycles. The second kappa shape index (κ2) is 5.82. The van der Waals surface area contributed by atoms with Gasteiger partial charge in [-0.05, 0) is 32.0 Å². The summed E-state index contributed by atoms with van der Waals surface area (Å²) in [7, 11) is -1.62. The van der Waals surface area contributed by atoms with E-state index in [9.17, 15) is 8.42 Å². The summed E-state index contributed by atoms with van der Waals surface area (Å²) < 4.78 is 38.2. The summed E-state index contributed by atoms with van der Waals surface area (Å²) >= 11 is 0. The predicted octanol–water partition coefficient (Wildman–Crippen LogP) is 0.830. The number of nitrogens with one attached hydrogen (secondary N) is 1. The van der Waals surface area contributed by atoms with Crippen molar-refractivity contribution < 1.29 is 17.9 Å². The van der Waals surface area contributed by atoms with Crippen LogP contribution in [0.3, 0.4) is 0 Å². The number of nitrogens with zero attached hydrogens (tertiary/aromatic N) is 1. The zero-order valence-corrected chi connectivity index (χ0v) is 12.9. The Bertz CT molecular complexity index is 609. The SMILES string of the molecule is CNC1CCN(S(=O)(=O)c2cccc3c2OCCO3)CC1. The van der Waals surface area contributed by atoms with Crippen molar-refractivity contribution in [2.45, 2.75) is 23.8 Å². The van der Waals surface area contributed by atoms with E-state index in [2.05, 4.69) is 5.32 Å². The van der Waals surface area contributed by atoms with Crippen molar-refractivity contribution in [3.05, 3.63) is 18.2 Å². The van der Waals surface area contributed by atoms with Crippen LogP contribution in [0.15, 0.2) is 23.1 Å². The van der Waals surface area contributed by atoms with Crippen LogP contribution in [0.5, 0.6) is 11.5 Å². The number of sulfonamides is 1. The molecule has 0 spiro atoms. The van der Waals surface area contributed by atoms with Gasteiger partial charge < -0.3 is 14.8 Å². The minimum Gasteiger partial charge on any atom is -0.486 e. The summed E-state index contributed by atoms with van der Waals surface area (Å²) in [4.78, 5) is 0.211. The van der Waals surface area contributed by atoms with Crippen LogP contribution in [0.4, 0.5) is 0 Å². The molecule has 1 aromatic rings. The third kappa shape index (κ3) is 2.73. The molecule has 2 aliphatic rings. The topological polar surface area (TPSA) is 67.9 Å². The Kier molecular flexibility index (Phi) is 4.05. The molecule has 3 rings (SSSR count). The lowest BCUT2D eigenvalue weighted by molar-refractivity contribution is 0.166. The summed E-state index contributed by atoms with van der Waals surface area (Å²) in [5.41, 5.74) is 0. The molecule has 1 saturated heterocycles. The fraction of sp³-hybridized carbons (Fsp3) is 0.571. The van der Waals surface area contributed by atoms with Crippen LogP contribution in [-0.2, 0) is 10.0 Å². The highest BCUT2D eigenvalue weighted by atomic mass is 32.2. The van der Waals surface area contributed by atoms with Gasteiger partial charge in [0.25, 0.3) is 0 Å². The zero-order chi connectivity index (χ0) is 14.9. The van der Waals surface area contributed by atoms with Crippen LogP contribution in [-0.4, -0.2) is 52.1 Å². The maximum absolute atomic E-state index is 12.8. The Morgan fingerprint density at radius 1 is 1.19 bits per heavy atom. The van der Waals surface area contributed by atoms with Crippen molar-refractivity contribution in [2.75, 3.05) is 33.4 Å². The first-order valence-electron chi connectivity index (χ1n) is 7.19. The highest BCUT2D eigenvalue weighted by molar-refractivity contribution is 7.89. The third-order valence-corrected chi connectivity index (χ3v) is 5.93. The third-order valence-electron chi connectivity index (χ3n) is 4.01. The second-order valence-electron chi connectivity index (χ2n) is 5.25. The molecule has 7 heteroatoms. The molecule has 1 aromatic carbocycles. The lowest BCUT2D eigenvalue weighted by Crippen LogP contribution is -2.44. The molecule has 0 unspecified atom stereocenters. The van der Waals surface area contributed by atoms with E-state index in [-0.39, 0.29) is 4.90 Å². The number of hydrogen-bond acceptors (Lipinski definition) is 5. The normalized spacial score (nSPS) is 20.4. The summed E-state index contributed by atoms with van der Waals surface area (Å²) in [6.07, 6.45) is 1.64. The molecule has 0 radical (unpaired) electrons. The maximum atomic E-state index is 12.8. The number of rotatable bonds is 3. The first-order chi connectivity index (χ1) is 10.1. The molecule has 1 fully saturated rings. The quantitative estimate of drug-likeness (QED) is 0.895. The van der Waals surface area contributed by atoms with Crippen LogP contribution >= 0.6 is 0 Å². The Morgan fingerprint density at radius 3 is 2.62 bits per heavy atom. The molecule has 116 valence electrons. The van der Waals surface area contributed by atoms with Gasteiger partial charge in [0, 0.05) is 19.1 Å². The minimum atomic E-state index is -3.53. The molecule has 0 aromatic heterocycles. The molecule has 1 N–H and O–H groups in total. The summed E-state index contributed by atoms with van der Waals surface area (Å²) in [6.45, 7) is 1.88. The molecular formula is C14H20N2O4S. The molecule has 21 heavy (non-hydrogen) atoms. The van der Waals surface area contributed by atoms with E-state index in [0.29, 0.717) is 43.8 Å². The van der Waals surface area contributed by atoms with Gasteiger partial charge in [0.2, 0.25) is 10.0 Å². The molecule has 0 amide bonds. The van der Waals surface area contributed by atoms with Crippen molar-refractivity contribution in [1.29, 1.82) is 0 Å². The summed E-state index contributed by atoms with van der Waals surface area (Å²) in [5, 5.41) is 3.20. The average Bonchev–Trinajstić information content (AvgIpc) is 2.54. The number of piperidine rings is 1. The smallest absolute Gasteiger partial charge is 0.246 e. The summed E-state index contributed by atoms with van der Waals surface area (Å²) in [5.74, 6) is 0.854. The maximum Gasteiger partial charge on any atom is 0.246 e. The van der Waals surface area contributed by atoms with Crippen LogP contribution < -0.4 is 14.8 Å². The van der Waals surface area contributed by atoms with E-state index in [1.807, 2.05) is 7.05 Å². The molecule has 0 atom stereocenters. The zero-order valence-electron chi connectivity index (χ0n) is 12.0. The Balaban J connectivity index is 1.89. The van der Waals surface area contributed by atoms with Crippen molar-refractivity contribution in [2.24, 2.45) is 0 Å². The van der Waals surface area contributed by atoms with E-state index >= 15 is 0 Å². The van der Waals surface area contributed by atoms with E-state index < -0.39 is 10.0 Å². The average molecular weight is 312 g/mol. The van der Waals surface area contributed by atoms with Crippen molar-refractivity contribution >= 4 is 10.0 Å². The predicted molar refractivity (Wildman–Crippen MR) is 78.3 cm³/mol. The van der Waals surface area contributed by atoms with Gasteiger partial charge in [0.1, 0.15) is 18.1 Å². The minimum absolute atomic E-state index is 0.211. The fourth-order valence-electron chi connectivity index (χ4n) is 2.77. The van der Waals surface area contributed by atoms with Crippen LogP contribution in [0.2, 0.25) is 0 Å². The summed E-state index contributed by atoms with van der Waals surface area (Å²) in [6, 6.07) is 5.41. The lowest BCUT2D eigenvalue weighted by atomic mass is 10.1. The van der Waals surface area contributed by atoms with Gasteiger partial charge in [-0.15, -0.1) is 0 Å². The molecule has 2 heterocycles. The number of hydrogen-bond donors (Lipinski definition) is 1. The second-order valence-corrected chi connectivity index (χ2v) is 7.15. The van der Waals surface area contributed by atoms with Gasteiger partial charge in [0.15, 0.2) is 11.5 Å². The standard InChI is InChI=1S/C14H20N2O4S/c1-15-11-5-7-16(8-6-11)21(17,18)13-4-2-3-12-14(13)20-10-9-19-12/h2-4,11,15H,5-10H2,1H3. The van der Waals surface area contributed by atoms with Gasteiger partial charge in [-0.2, -0.15) is 4.31 Å². The largest absolute Gasteiger partial charge is 0.486 e. The highest BCUT2D eigenvalue weighted by Gasteiger charge is 2.33. The first-order valence-corrected chi connectivity index (χ1v) is 8.63. The van der Waals surface area contributed by atoms with Crippen LogP contribution in [0.25, 0.3) is 0 Å². The van der Waals surface area contributed by atoms with Gasteiger partial charge in [-0.1, -0.05) is 6.07 Å². The number of fused-ring (bicyclic) bond motifs is 1. The lowest BCUT2D eigenvalue weighted by Gasteiger charge is -2.31. The monoisotopic (exact) mass is 312 g/mol. The number of benzene rings is 1. The van der Waals surface area contributed by atoms with E-state index in [1.165, 1.54) is 4.31 Å². The number of ether oxygens (including phenoxy) is 2.